The molecule has 0 radical (unpaired) electrons. The Hall–Kier alpha value is -1.84. The molecule has 0 atom stereocenters. The fourth-order valence-corrected chi connectivity index (χ4v) is 1.13. The molecule has 0 N–H and O–H groups in total. The van der Waals surface area contributed by atoms with Crippen LogP contribution < -0.4 is 0 Å². The Morgan fingerprint density at radius 1 is 1.50 bits per heavy atom. The number of nitroso groups, excluding NO2 is 1. The lowest BCUT2D eigenvalue weighted by Gasteiger charge is -2.01. The molecule has 14 heavy (non-hydrogen) atoms. The number of carbonyl (C=O) groups is 2. The zero-order valence-electron chi connectivity index (χ0n) is 7.69. The Morgan fingerprint density at radius 3 is 2.71 bits per heavy atom. The second kappa shape index (κ2) is 4.41. The van der Waals surface area contributed by atoms with Gasteiger partial charge in [0.15, 0.2) is 5.78 Å². The molecule has 0 spiro atoms. The molecule has 1 rings (SSSR count). The third-order valence-electron chi connectivity index (χ3n) is 1.89. The molecule has 0 bridgehead atoms. The van der Waals surface area contributed by atoms with Crippen molar-refractivity contribution in [2.75, 3.05) is 0 Å². The summed E-state index contributed by atoms with van der Waals surface area (Å²) in [6, 6.07) is 4.55. The van der Waals surface area contributed by atoms with Crippen molar-refractivity contribution in [3.05, 3.63) is 34.2 Å². The van der Waals surface area contributed by atoms with E-state index in [4.69, 9.17) is 0 Å². The zero-order chi connectivity index (χ0) is 10.6. The first-order valence-electron chi connectivity index (χ1n) is 4.10. The van der Waals surface area contributed by atoms with Gasteiger partial charge in [-0.25, -0.2) is 0 Å². The molecule has 1 aromatic carbocycles. The molecule has 0 saturated carbocycles. The minimum Gasteiger partial charge on any atom is -0.303 e. The van der Waals surface area contributed by atoms with Crippen LogP contribution in [0.3, 0.4) is 0 Å². The summed E-state index contributed by atoms with van der Waals surface area (Å²) in [5.74, 6) is -0.132. The van der Waals surface area contributed by atoms with Crippen LogP contribution in [0.1, 0.15) is 22.8 Å². The van der Waals surface area contributed by atoms with E-state index in [1.807, 2.05) is 0 Å². The molecule has 4 heteroatoms. The maximum absolute atomic E-state index is 11.0. The third-order valence-corrected chi connectivity index (χ3v) is 1.89. The molecule has 4 nitrogen and oxygen atoms in total. The number of aldehydes is 1. The molecule has 0 aliphatic carbocycles. The summed E-state index contributed by atoms with van der Waals surface area (Å²) in [5.41, 5.74) is 1.12. The van der Waals surface area contributed by atoms with Gasteiger partial charge in [-0.05, 0) is 23.7 Å². The van der Waals surface area contributed by atoms with Crippen molar-refractivity contribution < 1.29 is 9.59 Å². The summed E-state index contributed by atoms with van der Waals surface area (Å²) >= 11 is 0. The van der Waals surface area contributed by atoms with Crippen LogP contribution in [0.25, 0.3) is 0 Å². The van der Waals surface area contributed by atoms with E-state index in [0.717, 1.165) is 0 Å². The first-order valence-corrected chi connectivity index (χ1v) is 4.10. The number of rotatable bonds is 4. The van der Waals surface area contributed by atoms with E-state index in [1.54, 1.807) is 12.1 Å². The van der Waals surface area contributed by atoms with Crippen LogP contribution in [-0.4, -0.2) is 12.1 Å². The minimum absolute atomic E-state index is 0.132. The highest BCUT2D eigenvalue weighted by atomic mass is 16.3. The van der Waals surface area contributed by atoms with Gasteiger partial charge in [0.2, 0.25) is 0 Å². The van der Waals surface area contributed by atoms with E-state index >= 15 is 0 Å². The molecule has 0 aromatic heterocycles. The molecular weight excluding hydrogens is 182 g/mol. The number of nitrogens with zero attached hydrogens (tertiary/aromatic N) is 1. The molecule has 0 saturated heterocycles. The van der Waals surface area contributed by atoms with Gasteiger partial charge >= 0.3 is 0 Å². The van der Waals surface area contributed by atoms with Crippen LogP contribution in [0.15, 0.2) is 23.4 Å². The van der Waals surface area contributed by atoms with Crippen molar-refractivity contribution in [2.24, 2.45) is 5.18 Å². The molecule has 0 fully saturated rings. The standard InChI is InChI=1S/C10H9NO3/c1-7(13)9-3-2-8(4-5-12)10(6-9)11-14/h2-3,5-6H,4H2,1H3. The molecule has 0 aliphatic rings. The van der Waals surface area contributed by atoms with Crippen LogP contribution in [0.4, 0.5) is 5.69 Å². The summed E-state index contributed by atoms with van der Waals surface area (Å²) in [5, 5.41) is 2.77. The molecule has 72 valence electrons. The van der Waals surface area contributed by atoms with Gasteiger partial charge in [-0.3, -0.25) is 4.79 Å². The molecule has 0 unspecified atom stereocenters. The summed E-state index contributed by atoms with van der Waals surface area (Å²) in [6.45, 7) is 1.41. The zero-order valence-corrected chi connectivity index (χ0v) is 7.69. The monoisotopic (exact) mass is 191 g/mol. The number of ketones is 1. The Labute approximate surface area is 80.9 Å². The van der Waals surface area contributed by atoms with Crippen molar-refractivity contribution in [3.8, 4) is 0 Å². The average molecular weight is 191 g/mol. The Balaban J connectivity index is 3.17. The van der Waals surface area contributed by atoms with E-state index in [-0.39, 0.29) is 17.9 Å². The second-order valence-corrected chi connectivity index (χ2v) is 2.86. The number of carbonyl (C=O) groups excluding carboxylic acids is 2. The van der Waals surface area contributed by atoms with E-state index < -0.39 is 0 Å². The van der Waals surface area contributed by atoms with Gasteiger partial charge in [-0.15, -0.1) is 4.91 Å². The van der Waals surface area contributed by atoms with E-state index in [1.165, 1.54) is 13.0 Å². The Bertz CT molecular complexity index is 385. The van der Waals surface area contributed by atoms with Crippen molar-refractivity contribution in [3.63, 3.8) is 0 Å². The highest BCUT2D eigenvalue weighted by Gasteiger charge is 2.06. The van der Waals surface area contributed by atoms with E-state index in [0.29, 0.717) is 17.4 Å². The summed E-state index contributed by atoms with van der Waals surface area (Å²) in [6.07, 6.45) is 0.830. The lowest BCUT2D eigenvalue weighted by Crippen LogP contribution is -1.94. The van der Waals surface area contributed by atoms with E-state index in [2.05, 4.69) is 5.18 Å². The average Bonchev–Trinajstić information content (AvgIpc) is 2.18. The summed E-state index contributed by atoms with van der Waals surface area (Å²) in [7, 11) is 0. The fraction of sp³-hybridized carbons (Fsp3) is 0.200. The topological polar surface area (TPSA) is 63.6 Å². The van der Waals surface area contributed by atoms with Crippen LogP contribution in [0, 0.1) is 4.91 Å². The van der Waals surface area contributed by atoms with Gasteiger partial charge in [-0.1, -0.05) is 12.1 Å². The predicted molar refractivity (Wildman–Crippen MR) is 51.7 cm³/mol. The molecule has 0 heterocycles. The third kappa shape index (κ3) is 2.10. The maximum atomic E-state index is 11.0. The van der Waals surface area contributed by atoms with Crippen molar-refractivity contribution in [1.29, 1.82) is 0 Å². The maximum Gasteiger partial charge on any atom is 0.159 e. The number of Topliss-reactive ketones (excluding diaryl/α,β-unsaturated/α-hetero) is 1. The minimum atomic E-state index is -0.132. The summed E-state index contributed by atoms with van der Waals surface area (Å²) in [4.78, 5) is 31.6. The van der Waals surface area contributed by atoms with Crippen LogP contribution in [0.5, 0.6) is 0 Å². The molecule has 0 aliphatic heterocycles. The van der Waals surface area contributed by atoms with E-state index in [9.17, 15) is 14.5 Å². The normalized spacial score (nSPS) is 9.50. The number of hydrogen-bond donors (Lipinski definition) is 0. The van der Waals surface area contributed by atoms with Gasteiger partial charge in [0.05, 0.1) is 0 Å². The van der Waals surface area contributed by atoms with Crippen LogP contribution >= 0.6 is 0 Å². The number of benzene rings is 1. The lowest BCUT2D eigenvalue weighted by molar-refractivity contribution is -0.107. The highest BCUT2D eigenvalue weighted by Crippen LogP contribution is 2.21. The first-order chi connectivity index (χ1) is 6.69. The fourth-order valence-electron chi connectivity index (χ4n) is 1.13. The van der Waals surface area contributed by atoms with Gasteiger partial charge in [-0.2, -0.15) is 0 Å². The Kier molecular flexibility index (Phi) is 3.23. The van der Waals surface area contributed by atoms with Crippen LogP contribution in [0.2, 0.25) is 0 Å². The second-order valence-electron chi connectivity index (χ2n) is 2.86. The van der Waals surface area contributed by atoms with Gasteiger partial charge in [0.1, 0.15) is 12.0 Å². The smallest absolute Gasteiger partial charge is 0.159 e. The predicted octanol–water partition coefficient (Wildman–Crippen LogP) is 2.03. The largest absolute Gasteiger partial charge is 0.303 e. The molecular formula is C10H9NO3. The first kappa shape index (κ1) is 10.2. The lowest BCUT2D eigenvalue weighted by atomic mass is 10.1. The summed E-state index contributed by atoms with van der Waals surface area (Å²) < 4.78 is 0. The molecule has 0 amide bonds. The SMILES string of the molecule is CC(=O)c1ccc(CC=O)c(N=O)c1. The van der Waals surface area contributed by atoms with Crippen molar-refractivity contribution in [1.82, 2.24) is 0 Å². The van der Waals surface area contributed by atoms with Gasteiger partial charge < -0.3 is 4.79 Å². The quantitative estimate of drug-likeness (QED) is 0.415. The van der Waals surface area contributed by atoms with Crippen molar-refractivity contribution in [2.45, 2.75) is 13.3 Å². The van der Waals surface area contributed by atoms with Gasteiger partial charge in [0.25, 0.3) is 0 Å². The van der Waals surface area contributed by atoms with Crippen molar-refractivity contribution >= 4 is 17.8 Å². The number of hydrogen-bond acceptors (Lipinski definition) is 4. The highest BCUT2D eigenvalue weighted by molar-refractivity contribution is 5.95. The Morgan fingerprint density at radius 2 is 2.21 bits per heavy atom. The van der Waals surface area contributed by atoms with Crippen LogP contribution in [-0.2, 0) is 11.2 Å². The van der Waals surface area contributed by atoms with Gasteiger partial charge in [0, 0.05) is 12.0 Å². The molecule has 1 aromatic rings.